The fraction of sp³-hybridized carbons (Fsp3) is 0.429. The van der Waals surface area contributed by atoms with Gasteiger partial charge in [0.2, 0.25) is 0 Å². The summed E-state index contributed by atoms with van der Waals surface area (Å²) in [6, 6.07) is 10.2. The van der Waals surface area contributed by atoms with Crippen LogP contribution in [0.15, 0.2) is 35.3 Å². The lowest BCUT2D eigenvalue weighted by molar-refractivity contribution is 0.149. The maximum absolute atomic E-state index is 11.9. The maximum atomic E-state index is 11.9. The van der Waals surface area contributed by atoms with E-state index in [-0.39, 0.29) is 18.0 Å². The molecule has 1 aromatic carbocycles. The lowest BCUT2D eigenvalue weighted by atomic mass is 9.83. The Morgan fingerprint density at radius 3 is 2.78 bits per heavy atom. The Kier molecular flexibility index (Phi) is 2.78. The van der Waals surface area contributed by atoms with Crippen molar-refractivity contribution in [2.75, 3.05) is 6.54 Å². The second-order valence-electron chi connectivity index (χ2n) is 4.96. The zero-order valence-electron chi connectivity index (χ0n) is 10.2. The van der Waals surface area contributed by atoms with E-state index in [1.54, 1.807) is 0 Å². The molecule has 1 saturated heterocycles. The van der Waals surface area contributed by atoms with E-state index in [0.29, 0.717) is 5.84 Å². The molecule has 0 spiro atoms. The van der Waals surface area contributed by atoms with Crippen LogP contribution in [-0.4, -0.2) is 29.4 Å². The molecular formula is C14H17N3O. The van der Waals surface area contributed by atoms with E-state index in [1.807, 2.05) is 23.1 Å². The van der Waals surface area contributed by atoms with Crippen molar-refractivity contribution in [2.24, 2.45) is 10.7 Å². The smallest absolute Gasteiger partial charge is 0.345 e. The van der Waals surface area contributed by atoms with E-state index in [2.05, 4.69) is 17.1 Å². The predicted molar refractivity (Wildman–Crippen MR) is 70.5 cm³/mol. The molecule has 2 atom stereocenters. The van der Waals surface area contributed by atoms with Gasteiger partial charge in [0.05, 0.1) is 5.92 Å². The monoisotopic (exact) mass is 243 g/mol. The van der Waals surface area contributed by atoms with Crippen LogP contribution in [0.25, 0.3) is 0 Å². The van der Waals surface area contributed by atoms with E-state index in [1.165, 1.54) is 0 Å². The number of benzene rings is 1. The van der Waals surface area contributed by atoms with Crippen molar-refractivity contribution in [3.63, 3.8) is 0 Å². The Morgan fingerprint density at radius 1 is 1.22 bits per heavy atom. The number of urea groups is 1. The zero-order chi connectivity index (χ0) is 12.5. The Labute approximate surface area is 106 Å². The highest BCUT2D eigenvalue weighted by Gasteiger charge is 2.39. The number of rotatable bonds is 1. The van der Waals surface area contributed by atoms with Gasteiger partial charge >= 0.3 is 6.03 Å². The van der Waals surface area contributed by atoms with Crippen LogP contribution in [0.2, 0.25) is 0 Å². The van der Waals surface area contributed by atoms with E-state index < -0.39 is 0 Å². The van der Waals surface area contributed by atoms with E-state index >= 15 is 0 Å². The number of amides is 2. The molecule has 2 heterocycles. The zero-order valence-corrected chi connectivity index (χ0v) is 10.2. The molecule has 18 heavy (non-hydrogen) atoms. The molecule has 0 radical (unpaired) electrons. The lowest BCUT2D eigenvalue weighted by Crippen LogP contribution is -2.52. The van der Waals surface area contributed by atoms with Crippen LogP contribution >= 0.6 is 0 Å². The van der Waals surface area contributed by atoms with Gasteiger partial charge in [-0.05, 0) is 24.8 Å². The largest absolute Gasteiger partial charge is 0.386 e. The summed E-state index contributed by atoms with van der Waals surface area (Å²) in [6.07, 6.45) is 3.24. The summed E-state index contributed by atoms with van der Waals surface area (Å²) in [5.74, 6) is 0.526. The predicted octanol–water partition coefficient (Wildman–Crippen LogP) is 2.12. The van der Waals surface area contributed by atoms with Gasteiger partial charge in [-0.25, -0.2) is 4.79 Å². The quantitative estimate of drug-likeness (QED) is 0.821. The highest BCUT2D eigenvalue weighted by molar-refractivity contribution is 6.00. The number of carbonyl (C=O) groups excluding carboxylic acids is 1. The average Bonchev–Trinajstić information content (AvgIpc) is 2.40. The Morgan fingerprint density at radius 2 is 2.00 bits per heavy atom. The number of nitrogens with zero attached hydrogens (tertiary/aromatic N) is 2. The fourth-order valence-electron chi connectivity index (χ4n) is 3.04. The fourth-order valence-corrected chi connectivity index (χ4v) is 3.04. The molecule has 94 valence electrons. The summed E-state index contributed by atoms with van der Waals surface area (Å²) in [4.78, 5) is 17.8. The van der Waals surface area contributed by atoms with Gasteiger partial charge in [0.1, 0.15) is 5.84 Å². The SMILES string of the molecule is NC1=NC(=O)N2CCCCC2C1c1ccccc1. The van der Waals surface area contributed by atoms with Gasteiger partial charge in [-0.1, -0.05) is 30.3 Å². The van der Waals surface area contributed by atoms with Gasteiger partial charge in [-0.2, -0.15) is 4.99 Å². The molecule has 0 aliphatic carbocycles. The molecule has 0 bridgehead atoms. The molecule has 1 aromatic rings. The number of fused-ring (bicyclic) bond motifs is 1. The molecule has 2 aliphatic heterocycles. The Bertz CT molecular complexity index is 483. The molecule has 2 N–H and O–H groups in total. The van der Waals surface area contributed by atoms with Crippen LogP contribution in [-0.2, 0) is 0 Å². The first-order valence-corrected chi connectivity index (χ1v) is 6.47. The highest BCUT2D eigenvalue weighted by Crippen LogP contribution is 2.33. The summed E-state index contributed by atoms with van der Waals surface area (Å²) in [7, 11) is 0. The lowest BCUT2D eigenvalue weighted by Gasteiger charge is -2.42. The van der Waals surface area contributed by atoms with Gasteiger partial charge < -0.3 is 10.6 Å². The minimum absolute atomic E-state index is 0.0594. The highest BCUT2D eigenvalue weighted by atomic mass is 16.2. The van der Waals surface area contributed by atoms with E-state index in [0.717, 1.165) is 31.4 Å². The number of nitrogens with two attached hydrogens (primary N) is 1. The van der Waals surface area contributed by atoms with E-state index in [4.69, 9.17) is 5.73 Å². The number of amidine groups is 1. The van der Waals surface area contributed by atoms with Crippen molar-refractivity contribution in [1.29, 1.82) is 0 Å². The number of hydrogen-bond donors (Lipinski definition) is 1. The van der Waals surface area contributed by atoms with Gasteiger partial charge in [0, 0.05) is 12.6 Å². The molecule has 2 unspecified atom stereocenters. The van der Waals surface area contributed by atoms with Gasteiger partial charge in [0.25, 0.3) is 0 Å². The second-order valence-corrected chi connectivity index (χ2v) is 4.96. The Hall–Kier alpha value is -1.84. The normalized spacial score (nSPS) is 27.7. The van der Waals surface area contributed by atoms with Gasteiger partial charge in [-0.3, -0.25) is 0 Å². The van der Waals surface area contributed by atoms with Gasteiger partial charge in [-0.15, -0.1) is 0 Å². The molecule has 1 fully saturated rings. The molecule has 4 heteroatoms. The van der Waals surface area contributed by atoms with Crippen LogP contribution in [0, 0.1) is 0 Å². The first-order chi connectivity index (χ1) is 8.77. The van der Waals surface area contributed by atoms with Crippen molar-refractivity contribution in [2.45, 2.75) is 31.2 Å². The number of aliphatic imine (C=N–C) groups is 1. The minimum Gasteiger partial charge on any atom is -0.386 e. The van der Waals surface area contributed by atoms with Crippen LogP contribution in [0.5, 0.6) is 0 Å². The van der Waals surface area contributed by atoms with Crippen molar-refractivity contribution < 1.29 is 4.79 Å². The maximum Gasteiger partial charge on any atom is 0.345 e. The molecule has 2 amide bonds. The number of piperidine rings is 1. The van der Waals surface area contributed by atoms with Crippen molar-refractivity contribution in [1.82, 2.24) is 4.90 Å². The average molecular weight is 243 g/mol. The standard InChI is InChI=1S/C14H17N3O/c15-13-12(10-6-2-1-3-7-10)11-8-4-5-9-17(11)14(18)16-13/h1-3,6-7,11-12H,4-5,8-9H2,(H2,15,16,18). The van der Waals surface area contributed by atoms with E-state index in [9.17, 15) is 4.79 Å². The minimum atomic E-state index is -0.163. The molecule has 3 rings (SSSR count). The summed E-state index contributed by atoms with van der Waals surface area (Å²) >= 11 is 0. The number of carbonyl (C=O) groups is 1. The van der Waals surface area contributed by atoms with Crippen molar-refractivity contribution in [3.8, 4) is 0 Å². The first-order valence-electron chi connectivity index (χ1n) is 6.47. The Balaban J connectivity index is 2.01. The molecule has 0 saturated carbocycles. The van der Waals surface area contributed by atoms with Crippen LogP contribution in [0.1, 0.15) is 30.7 Å². The van der Waals surface area contributed by atoms with Crippen LogP contribution < -0.4 is 5.73 Å². The topological polar surface area (TPSA) is 58.7 Å². The van der Waals surface area contributed by atoms with Crippen molar-refractivity contribution >= 4 is 11.9 Å². The van der Waals surface area contributed by atoms with Gasteiger partial charge in [0.15, 0.2) is 0 Å². The third-order valence-corrected chi connectivity index (χ3v) is 3.88. The molecule has 4 nitrogen and oxygen atoms in total. The molecular weight excluding hydrogens is 226 g/mol. The number of hydrogen-bond acceptors (Lipinski definition) is 2. The summed E-state index contributed by atoms with van der Waals surface area (Å²) in [6.45, 7) is 0.809. The van der Waals surface area contributed by atoms with Crippen molar-refractivity contribution in [3.05, 3.63) is 35.9 Å². The third-order valence-electron chi connectivity index (χ3n) is 3.88. The summed E-state index contributed by atoms with van der Waals surface area (Å²) < 4.78 is 0. The molecule has 2 aliphatic rings. The summed E-state index contributed by atoms with van der Waals surface area (Å²) in [5, 5.41) is 0. The molecule has 0 aromatic heterocycles. The second kappa shape index (κ2) is 4.44. The third kappa shape index (κ3) is 1.78. The first kappa shape index (κ1) is 11.3. The summed E-state index contributed by atoms with van der Waals surface area (Å²) in [5.41, 5.74) is 7.17. The van der Waals surface area contributed by atoms with Crippen LogP contribution in [0.4, 0.5) is 4.79 Å². The van der Waals surface area contributed by atoms with Crippen LogP contribution in [0.3, 0.4) is 0 Å².